The van der Waals surface area contributed by atoms with Crippen LogP contribution in [0.15, 0.2) is 18.3 Å². The number of hydrogen-bond donors (Lipinski definition) is 2. The lowest BCUT2D eigenvalue weighted by Gasteiger charge is -2.23. The Balaban J connectivity index is 2.11. The van der Waals surface area contributed by atoms with Crippen molar-refractivity contribution >= 4 is 5.97 Å². The van der Waals surface area contributed by atoms with Crippen LogP contribution < -0.4 is 5.32 Å². The topological polar surface area (TPSA) is 62.2 Å². The number of carbonyl (C=O) groups is 1. The molecule has 1 saturated heterocycles. The molecule has 2 heterocycles. The first kappa shape index (κ1) is 10.1. The Bertz CT molecular complexity index is 342. The summed E-state index contributed by atoms with van der Waals surface area (Å²) in [5, 5.41) is 12.1. The van der Waals surface area contributed by atoms with Crippen LogP contribution in [-0.4, -0.2) is 22.6 Å². The summed E-state index contributed by atoms with van der Waals surface area (Å²) in [7, 11) is 0. The number of rotatable bonds is 2. The summed E-state index contributed by atoms with van der Waals surface area (Å²) in [6, 6.07) is 3.75. The normalized spacial score (nSPS) is 21.2. The van der Waals surface area contributed by atoms with Crippen LogP contribution in [-0.2, 0) is 0 Å². The Kier molecular flexibility index (Phi) is 2.97. The van der Waals surface area contributed by atoms with Crippen LogP contribution in [0.5, 0.6) is 0 Å². The van der Waals surface area contributed by atoms with E-state index in [-0.39, 0.29) is 5.69 Å². The molecule has 0 radical (unpaired) electrons. The molecule has 1 aliphatic heterocycles. The van der Waals surface area contributed by atoms with Gasteiger partial charge in [-0.2, -0.15) is 0 Å². The number of pyridine rings is 1. The zero-order valence-electron chi connectivity index (χ0n) is 8.44. The fourth-order valence-electron chi connectivity index (χ4n) is 1.87. The van der Waals surface area contributed by atoms with Crippen LogP contribution in [0.1, 0.15) is 41.4 Å². The second kappa shape index (κ2) is 4.40. The summed E-state index contributed by atoms with van der Waals surface area (Å²) >= 11 is 0. The highest BCUT2D eigenvalue weighted by atomic mass is 16.4. The molecular weight excluding hydrogens is 192 g/mol. The van der Waals surface area contributed by atoms with E-state index in [0.29, 0.717) is 6.04 Å². The van der Waals surface area contributed by atoms with Gasteiger partial charge in [0, 0.05) is 12.2 Å². The van der Waals surface area contributed by atoms with Gasteiger partial charge in [0.2, 0.25) is 0 Å². The molecule has 0 aromatic carbocycles. The van der Waals surface area contributed by atoms with Gasteiger partial charge in [-0.15, -0.1) is 0 Å². The van der Waals surface area contributed by atoms with Gasteiger partial charge in [-0.25, -0.2) is 9.78 Å². The molecule has 1 fully saturated rings. The number of aromatic nitrogens is 1. The van der Waals surface area contributed by atoms with E-state index in [1.165, 1.54) is 12.8 Å². The molecule has 15 heavy (non-hydrogen) atoms. The molecule has 0 bridgehead atoms. The largest absolute Gasteiger partial charge is 0.477 e. The van der Waals surface area contributed by atoms with Crippen LogP contribution in [0.2, 0.25) is 0 Å². The molecule has 80 valence electrons. The van der Waals surface area contributed by atoms with Gasteiger partial charge in [-0.1, -0.05) is 12.5 Å². The SMILES string of the molecule is O=C(O)c1ccc([C@@H]2CCCCN2)cn1. The summed E-state index contributed by atoms with van der Waals surface area (Å²) in [6.07, 6.45) is 5.20. The molecule has 0 aliphatic carbocycles. The third kappa shape index (κ3) is 2.33. The van der Waals surface area contributed by atoms with Crippen molar-refractivity contribution in [2.75, 3.05) is 6.54 Å². The predicted molar refractivity (Wildman–Crippen MR) is 55.8 cm³/mol. The standard InChI is InChI=1S/C11H14N2O2/c14-11(15)10-5-4-8(7-13-10)9-3-1-2-6-12-9/h4-5,7,9,12H,1-3,6H2,(H,14,15)/t9-/m0/s1. The molecule has 1 atom stereocenters. The maximum absolute atomic E-state index is 10.6. The van der Waals surface area contributed by atoms with E-state index in [9.17, 15) is 4.79 Å². The van der Waals surface area contributed by atoms with Crippen molar-refractivity contribution in [3.63, 3.8) is 0 Å². The summed E-state index contributed by atoms with van der Waals surface area (Å²) in [5.74, 6) is -0.974. The van der Waals surface area contributed by atoms with Crippen molar-refractivity contribution in [2.24, 2.45) is 0 Å². The zero-order valence-corrected chi connectivity index (χ0v) is 8.44. The van der Waals surface area contributed by atoms with Crippen molar-refractivity contribution in [1.82, 2.24) is 10.3 Å². The van der Waals surface area contributed by atoms with E-state index >= 15 is 0 Å². The number of aromatic carboxylic acids is 1. The van der Waals surface area contributed by atoms with Gasteiger partial charge in [0.1, 0.15) is 5.69 Å². The first-order valence-corrected chi connectivity index (χ1v) is 5.20. The van der Waals surface area contributed by atoms with Gasteiger partial charge in [-0.3, -0.25) is 0 Å². The molecule has 0 saturated carbocycles. The quantitative estimate of drug-likeness (QED) is 0.771. The minimum Gasteiger partial charge on any atom is -0.477 e. The second-order valence-electron chi connectivity index (χ2n) is 3.78. The number of piperidine rings is 1. The number of carboxylic acids is 1. The molecular formula is C11H14N2O2. The van der Waals surface area contributed by atoms with Crippen molar-refractivity contribution in [1.29, 1.82) is 0 Å². The smallest absolute Gasteiger partial charge is 0.354 e. The summed E-state index contributed by atoms with van der Waals surface area (Å²) in [4.78, 5) is 14.5. The zero-order chi connectivity index (χ0) is 10.7. The van der Waals surface area contributed by atoms with E-state index in [1.807, 2.05) is 6.07 Å². The van der Waals surface area contributed by atoms with Crippen LogP contribution >= 0.6 is 0 Å². The van der Waals surface area contributed by atoms with Crippen molar-refractivity contribution < 1.29 is 9.90 Å². The van der Waals surface area contributed by atoms with Gasteiger partial charge < -0.3 is 10.4 Å². The molecule has 2 N–H and O–H groups in total. The molecule has 0 amide bonds. The van der Waals surface area contributed by atoms with Gasteiger partial charge in [0.05, 0.1) is 0 Å². The molecule has 0 spiro atoms. The van der Waals surface area contributed by atoms with Crippen LogP contribution in [0.4, 0.5) is 0 Å². The molecule has 4 nitrogen and oxygen atoms in total. The summed E-state index contributed by atoms with van der Waals surface area (Å²) < 4.78 is 0. The van der Waals surface area contributed by atoms with Crippen molar-refractivity contribution in [3.8, 4) is 0 Å². The average Bonchev–Trinajstić information content (AvgIpc) is 2.30. The van der Waals surface area contributed by atoms with Gasteiger partial charge in [-0.05, 0) is 31.0 Å². The minimum absolute atomic E-state index is 0.106. The third-order valence-corrected chi connectivity index (χ3v) is 2.72. The van der Waals surface area contributed by atoms with Crippen molar-refractivity contribution in [3.05, 3.63) is 29.6 Å². The lowest BCUT2D eigenvalue weighted by atomic mass is 9.99. The first-order chi connectivity index (χ1) is 7.27. The third-order valence-electron chi connectivity index (χ3n) is 2.72. The Labute approximate surface area is 88.3 Å². The number of nitrogens with one attached hydrogen (secondary N) is 1. The molecule has 4 heteroatoms. The molecule has 1 aromatic rings. The van der Waals surface area contributed by atoms with Crippen LogP contribution in [0.3, 0.4) is 0 Å². The number of nitrogens with zero attached hydrogens (tertiary/aromatic N) is 1. The van der Waals surface area contributed by atoms with E-state index in [4.69, 9.17) is 5.11 Å². The van der Waals surface area contributed by atoms with Crippen LogP contribution in [0, 0.1) is 0 Å². The highest BCUT2D eigenvalue weighted by Crippen LogP contribution is 2.21. The Morgan fingerprint density at radius 1 is 1.47 bits per heavy atom. The summed E-state index contributed by atoms with van der Waals surface area (Å²) in [5.41, 5.74) is 1.19. The van der Waals surface area contributed by atoms with E-state index in [1.54, 1.807) is 12.3 Å². The molecule has 1 aromatic heterocycles. The maximum atomic E-state index is 10.6. The first-order valence-electron chi connectivity index (χ1n) is 5.20. The average molecular weight is 206 g/mol. The van der Waals surface area contributed by atoms with Gasteiger partial charge >= 0.3 is 5.97 Å². The fourth-order valence-corrected chi connectivity index (χ4v) is 1.87. The van der Waals surface area contributed by atoms with Gasteiger partial charge in [0.15, 0.2) is 0 Å². The highest BCUT2D eigenvalue weighted by molar-refractivity contribution is 5.85. The maximum Gasteiger partial charge on any atom is 0.354 e. The Morgan fingerprint density at radius 3 is 2.87 bits per heavy atom. The monoisotopic (exact) mass is 206 g/mol. The van der Waals surface area contributed by atoms with E-state index in [0.717, 1.165) is 18.5 Å². The lowest BCUT2D eigenvalue weighted by molar-refractivity contribution is 0.0690. The number of carboxylic acid groups (broad SMARTS) is 1. The fraction of sp³-hybridized carbons (Fsp3) is 0.455. The van der Waals surface area contributed by atoms with Crippen LogP contribution in [0.25, 0.3) is 0 Å². The van der Waals surface area contributed by atoms with E-state index < -0.39 is 5.97 Å². The van der Waals surface area contributed by atoms with E-state index in [2.05, 4.69) is 10.3 Å². The molecule has 2 rings (SSSR count). The Morgan fingerprint density at radius 2 is 2.33 bits per heavy atom. The molecule has 0 unspecified atom stereocenters. The Hall–Kier alpha value is -1.42. The minimum atomic E-state index is -0.974. The predicted octanol–water partition coefficient (Wildman–Crippen LogP) is 1.59. The second-order valence-corrected chi connectivity index (χ2v) is 3.78. The number of hydrogen-bond acceptors (Lipinski definition) is 3. The highest BCUT2D eigenvalue weighted by Gasteiger charge is 2.15. The van der Waals surface area contributed by atoms with Gasteiger partial charge in [0.25, 0.3) is 0 Å². The summed E-state index contributed by atoms with van der Waals surface area (Å²) in [6.45, 7) is 1.03. The molecule has 1 aliphatic rings. The van der Waals surface area contributed by atoms with Crippen molar-refractivity contribution in [2.45, 2.75) is 25.3 Å². The lowest BCUT2D eigenvalue weighted by Crippen LogP contribution is -2.26.